The molecule has 2 N–H and O–H groups in total. The average Bonchev–Trinajstić information content (AvgIpc) is 2.91. The molecule has 108 valence electrons. The lowest BCUT2D eigenvalue weighted by atomic mass is 10.0. The molecule has 0 fully saturated rings. The molecular formula is C17H19N3O. The van der Waals surface area contributed by atoms with Crippen LogP contribution in [0.2, 0.25) is 0 Å². The second-order valence-corrected chi connectivity index (χ2v) is 5.23. The van der Waals surface area contributed by atoms with Crippen molar-refractivity contribution < 1.29 is 5.11 Å². The highest BCUT2D eigenvalue weighted by Gasteiger charge is 2.06. The van der Waals surface area contributed by atoms with Crippen LogP contribution in [0, 0.1) is 0 Å². The van der Waals surface area contributed by atoms with Gasteiger partial charge < -0.3 is 10.4 Å². The van der Waals surface area contributed by atoms with Crippen molar-refractivity contribution in [2.45, 2.75) is 13.0 Å². The van der Waals surface area contributed by atoms with Crippen molar-refractivity contribution >= 4 is 10.8 Å². The van der Waals surface area contributed by atoms with Crippen molar-refractivity contribution in [1.82, 2.24) is 15.1 Å². The molecule has 0 amide bonds. The number of nitrogens with one attached hydrogen (secondary N) is 1. The van der Waals surface area contributed by atoms with Gasteiger partial charge >= 0.3 is 0 Å². The summed E-state index contributed by atoms with van der Waals surface area (Å²) in [7, 11) is 1.92. The molecule has 0 bridgehead atoms. The van der Waals surface area contributed by atoms with E-state index >= 15 is 0 Å². The molecule has 4 heteroatoms. The molecular weight excluding hydrogens is 262 g/mol. The van der Waals surface area contributed by atoms with Crippen LogP contribution in [-0.2, 0) is 20.0 Å². The largest absolute Gasteiger partial charge is 0.508 e. The van der Waals surface area contributed by atoms with E-state index in [0.717, 1.165) is 29.3 Å². The Morgan fingerprint density at radius 1 is 1.19 bits per heavy atom. The number of aromatic nitrogens is 2. The van der Waals surface area contributed by atoms with E-state index in [1.165, 1.54) is 5.56 Å². The molecule has 21 heavy (non-hydrogen) atoms. The summed E-state index contributed by atoms with van der Waals surface area (Å²) in [5.41, 5.74) is 2.17. The Hall–Kier alpha value is -2.33. The number of rotatable bonds is 5. The van der Waals surface area contributed by atoms with Crippen LogP contribution in [0.5, 0.6) is 5.75 Å². The maximum atomic E-state index is 10.1. The highest BCUT2D eigenvalue weighted by atomic mass is 16.3. The lowest BCUT2D eigenvalue weighted by molar-refractivity contribution is 0.466. The van der Waals surface area contributed by atoms with E-state index in [9.17, 15) is 5.11 Å². The van der Waals surface area contributed by atoms with Crippen molar-refractivity contribution in [2.24, 2.45) is 7.05 Å². The zero-order chi connectivity index (χ0) is 14.7. The minimum absolute atomic E-state index is 0.350. The van der Waals surface area contributed by atoms with Crippen molar-refractivity contribution in [3.8, 4) is 5.75 Å². The van der Waals surface area contributed by atoms with E-state index in [0.29, 0.717) is 12.3 Å². The van der Waals surface area contributed by atoms with Crippen LogP contribution in [0.3, 0.4) is 0 Å². The second-order valence-electron chi connectivity index (χ2n) is 5.23. The average molecular weight is 281 g/mol. The van der Waals surface area contributed by atoms with Crippen LogP contribution in [0.15, 0.2) is 48.8 Å². The summed E-state index contributed by atoms with van der Waals surface area (Å²) in [6, 6.07) is 11.8. The molecule has 0 aliphatic rings. The minimum atomic E-state index is 0.350. The zero-order valence-corrected chi connectivity index (χ0v) is 12.1. The number of aryl methyl sites for hydroxylation is 1. The monoisotopic (exact) mass is 281 g/mol. The lowest BCUT2D eigenvalue weighted by Gasteiger charge is -2.10. The molecule has 0 atom stereocenters. The van der Waals surface area contributed by atoms with Gasteiger partial charge in [0.15, 0.2) is 0 Å². The number of hydrogen-bond donors (Lipinski definition) is 2. The molecule has 4 nitrogen and oxygen atoms in total. The van der Waals surface area contributed by atoms with Crippen LogP contribution in [0.1, 0.15) is 11.1 Å². The number of nitrogens with zero attached hydrogens (tertiary/aromatic N) is 2. The predicted molar refractivity (Wildman–Crippen MR) is 84.2 cm³/mol. The molecule has 0 saturated carbocycles. The summed E-state index contributed by atoms with van der Waals surface area (Å²) in [5, 5.41) is 19.9. The topological polar surface area (TPSA) is 50.1 Å². The van der Waals surface area contributed by atoms with Crippen molar-refractivity contribution in [1.29, 1.82) is 0 Å². The van der Waals surface area contributed by atoms with Crippen molar-refractivity contribution in [2.75, 3.05) is 6.54 Å². The summed E-state index contributed by atoms with van der Waals surface area (Å²) in [6.45, 7) is 1.52. The third-order valence-corrected chi connectivity index (χ3v) is 3.67. The number of benzene rings is 2. The van der Waals surface area contributed by atoms with Gasteiger partial charge in [-0.25, -0.2) is 0 Å². The number of aromatic hydroxyl groups is 1. The number of phenolic OH excluding ortho intramolecular Hbond substituents is 1. The van der Waals surface area contributed by atoms with Crippen LogP contribution < -0.4 is 5.32 Å². The van der Waals surface area contributed by atoms with Crippen LogP contribution >= 0.6 is 0 Å². The maximum Gasteiger partial charge on any atom is 0.120 e. The highest BCUT2D eigenvalue weighted by Crippen LogP contribution is 2.26. The Morgan fingerprint density at radius 2 is 2.05 bits per heavy atom. The van der Waals surface area contributed by atoms with Gasteiger partial charge in [0, 0.05) is 25.4 Å². The molecule has 0 spiro atoms. The van der Waals surface area contributed by atoms with Crippen molar-refractivity contribution in [3.05, 3.63) is 59.9 Å². The fourth-order valence-electron chi connectivity index (χ4n) is 2.56. The first-order valence-corrected chi connectivity index (χ1v) is 7.12. The fourth-order valence-corrected chi connectivity index (χ4v) is 2.56. The molecule has 0 saturated heterocycles. The molecule has 0 aliphatic heterocycles. The van der Waals surface area contributed by atoms with Crippen molar-refractivity contribution in [3.63, 3.8) is 0 Å². The molecule has 1 heterocycles. The van der Waals surface area contributed by atoms with Crippen LogP contribution in [0.25, 0.3) is 10.8 Å². The number of hydrogen-bond acceptors (Lipinski definition) is 3. The lowest BCUT2D eigenvalue weighted by Crippen LogP contribution is -2.16. The Balaban J connectivity index is 1.66. The fraction of sp³-hybridized carbons (Fsp3) is 0.235. The second kappa shape index (κ2) is 5.97. The Labute approximate surface area is 124 Å². The highest BCUT2D eigenvalue weighted by molar-refractivity contribution is 5.87. The molecule has 0 radical (unpaired) electrons. The van der Waals surface area contributed by atoms with E-state index < -0.39 is 0 Å². The van der Waals surface area contributed by atoms with Gasteiger partial charge in [0.25, 0.3) is 0 Å². The van der Waals surface area contributed by atoms with E-state index in [2.05, 4.69) is 16.5 Å². The van der Waals surface area contributed by atoms with Gasteiger partial charge in [-0.3, -0.25) is 4.68 Å². The van der Waals surface area contributed by atoms with Crippen LogP contribution in [0.4, 0.5) is 0 Å². The molecule has 3 aromatic rings. The standard InChI is InChI=1S/C17H19N3O/c1-20-12-13(10-19-20)8-9-18-11-16-15-5-3-2-4-14(15)6-7-17(16)21/h2-7,10,12,18,21H,8-9,11H2,1H3. The Kier molecular flexibility index (Phi) is 3.88. The Morgan fingerprint density at radius 3 is 2.86 bits per heavy atom. The quantitative estimate of drug-likeness (QED) is 0.707. The molecule has 2 aromatic carbocycles. The molecule has 1 aromatic heterocycles. The SMILES string of the molecule is Cn1cc(CCNCc2c(O)ccc3ccccc23)cn1. The van der Waals surface area contributed by atoms with Gasteiger partial charge in [-0.1, -0.05) is 30.3 Å². The summed E-state index contributed by atoms with van der Waals surface area (Å²) in [5.74, 6) is 0.350. The smallest absolute Gasteiger partial charge is 0.120 e. The van der Waals surface area contributed by atoms with Gasteiger partial charge in [0.05, 0.1) is 6.20 Å². The number of phenols is 1. The minimum Gasteiger partial charge on any atom is -0.508 e. The Bertz CT molecular complexity index is 749. The first kappa shape index (κ1) is 13.6. The van der Waals surface area contributed by atoms with Gasteiger partial charge in [0.2, 0.25) is 0 Å². The van der Waals surface area contributed by atoms with E-state index in [-0.39, 0.29) is 0 Å². The molecule has 0 unspecified atom stereocenters. The van der Waals surface area contributed by atoms with Crippen LogP contribution in [-0.4, -0.2) is 21.4 Å². The van der Waals surface area contributed by atoms with Gasteiger partial charge in [-0.2, -0.15) is 5.10 Å². The summed E-state index contributed by atoms with van der Waals surface area (Å²) >= 11 is 0. The van der Waals surface area contributed by atoms with Gasteiger partial charge in [-0.05, 0) is 35.4 Å². The van der Waals surface area contributed by atoms with E-state index in [1.807, 2.05) is 48.4 Å². The first-order chi connectivity index (χ1) is 10.2. The normalized spacial score (nSPS) is 11.1. The summed E-state index contributed by atoms with van der Waals surface area (Å²) in [4.78, 5) is 0. The first-order valence-electron chi connectivity index (χ1n) is 7.12. The summed E-state index contributed by atoms with van der Waals surface area (Å²) < 4.78 is 1.81. The third kappa shape index (κ3) is 3.06. The van der Waals surface area contributed by atoms with Gasteiger partial charge in [0.1, 0.15) is 5.75 Å². The third-order valence-electron chi connectivity index (χ3n) is 3.67. The zero-order valence-electron chi connectivity index (χ0n) is 12.1. The van der Waals surface area contributed by atoms with E-state index in [1.54, 1.807) is 6.07 Å². The maximum absolute atomic E-state index is 10.1. The summed E-state index contributed by atoms with van der Waals surface area (Å²) in [6.07, 6.45) is 4.84. The predicted octanol–water partition coefficient (Wildman–Crippen LogP) is 2.61. The molecule has 3 rings (SSSR count). The van der Waals surface area contributed by atoms with E-state index in [4.69, 9.17) is 0 Å². The molecule has 0 aliphatic carbocycles. The van der Waals surface area contributed by atoms with Gasteiger partial charge in [-0.15, -0.1) is 0 Å². The number of fused-ring (bicyclic) bond motifs is 1.